The zero-order valence-corrected chi connectivity index (χ0v) is 18.9. The van der Waals surface area contributed by atoms with Gasteiger partial charge in [-0.05, 0) is 60.7 Å². The SMILES string of the molecule is O=C(Nc1ccc(Nc2c3ccccc3nc3ccc(Cl)cc23)cc1)Nc1ccc([N+](=O)[O-])cc1. The molecule has 4 aromatic carbocycles. The first-order chi connectivity index (χ1) is 17.0. The molecule has 8 nitrogen and oxygen atoms in total. The molecule has 0 atom stereocenters. The number of hydrogen-bond donors (Lipinski definition) is 3. The van der Waals surface area contributed by atoms with E-state index >= 15 is 0 Å². The van der Waals surface area contributed by atoms with E-state index < -0.39 is 11.0 Å². The third-order valence-electron chi connectivity index (χ3n) is 5.39. The Morgan fingerprint density at radius 3 is 2.06 bits per heavy atom. The molecule has 0 aliphatic rings. The van der Waals surface area contributed by atoms with Crippen molar-refractivity contribution < 1.29 is 9.72 Å². The number of carbonyl (C=O) groups is 1. The van der Waals surface area contributed by atoms with E-state index in [1.807, 2.05) is 54.6 Å². The average Bonchev–Trinajstić information content (AvgIpc) is 2.85. The minimum atomic E-state index is -0.494. The molecule has 0 saturated carbocycles. The normalized spacial score (nSPS) is 10.8. The molecule has 0 bridgehead atoms. The lowest BCUT2D eigenvalue weighted by Gasteiger charge is -2.14. The Hall–Kier alpha value is -4.69. The number of benzene rings is 4. The molecule has 0 aliphatic carbocycles. The minimum Gasteiger partial charge on any atom is -0.354 e. The third kappa shape index (κ3) is 4.83. The minimum absolute atomic E-state index is 0.0453. The maximum Gasteiger partial charge on any atom is 0.323 e. The van der Waals surface area contributed by atoms with E-state index in [9.17, 15) is 14.9 Å². The van der Waals surface area contributed by atoms with Crippen molar-refractivity contribution in [2.75, 3.05) is 16.0 Å². The van der Waals surface area contributed by atoms with Gasteiger partial charge >= 0.3 is 6.03 Å². The predicted molar refractivity (Wildman–Crippen MR) is 140 cm³/mol. The molecular formula is C26H18ClN5O3. The number of nitrogens with zero attached hydrogens (tertiary/aromatic N) is 2. The largest absolute Gasteiger partial charge is 0.354 e. The molecule has 1 heterocycles. The maximum absolute atomic E-state index is 12.3. The van der Waals surface area contributed by atoms with Gasteiger partial charge in [0.15, 0.2) is 0 Å². The van der Waals surface area contributed by atoms with Gasteiger partial charge in [-0.1, -0.05) is 29.8 Å². The number of amides is 2. The van der Waals surface area contributed by atoms with Gasteiger partial charge in [-0.15, -0.1) is 0 Å². The molecule has 0 spiro atoms. The number of carbonyl (C=O) groups excluding carboxylic acids is 1. The Bertz CT molecular complexity index is 1570. The van der Waals surface area contributed by atoms with Crippen LogP contribution < -0.4 is 16.0 Å². The molecule has 0 saturated heterocycles. The molecule has 0 radical (unpaired) electrons. The van der Waals surface area contributed by atoms with Gasteiger partial charge in [0.1, 0.15) is 0 Å². The second kappa shape index (κ2) is 9.28. The van der Waals surface area contributed by atoms with Crippen LogP contribution >= 0.6 is 11.6 Å². The number of aromatic nitrogens is 1. The van der Waals surface area contributed by atoms with Crippen molar-refractivity contribution in [3.63, 3.8) is 0 Å². The molecule has 0 aliphatic heterocycles. The number of urea groups is 1. The number of nitrogens with one attached hydrogen (secondary N) is 3. The highest BCUT2D eigenvalue weighted by Gasteiger charge is 2.11. The van der Waals surface area contributed by atoms with Crippen LogP contribution in [0.25, 0.3) is 21.8 Å². The third-order valence-corrected chi connectivity index (χ3v) is 5.63. The van der Waals surface area contributed by atoms with E-state index in [2.05, 4.69) is 16.0 Å². The Morgan fingerprint density at radius 2 is 1.37 bits per heavy atom. The summed E-state index contributed by atoms with van der Waals surface area (Å²) in [5.41, 5.74) is 4.40. The summed E-state index contributed by atoms with van der Waals surface area (Å²) < 4.78 is 0. The lowest BCUT2D eigenvalue weighted by Crippen LogP contribution is -2.19. The van der Waals surface area contributed by atoms with E-state index in [-0.39, 0.29) is 5.69 Å². The first-order valence-electron chi connectivity index (χ1n) is 10.6. The van der Waals surface area contributed by atoms with Gasteiger partial charge in [0.05, 0.1) is 21.6 Å². The fraction of sp³-hybridized carbons (Fsp3) is 0. The van der Waals surface area contributed by atoms with Gasteiger partial charge in [-0.3, -0.25) is 10.1 Å². The Morgan fingerprint density at radius 1 is 0.771 bits per heavy atom. The van der Waals surface area contributed by atoms with E-state index in [1.54, 1.807) is 12.1 Å². The summed E-state index contributed by atoms with van der Waals surface area (Å²) >= 11 is 6.26. The first kappa shape index (κ1) is 22.1. The van der Waals surface area contributed by atoms with Crippen molar-refractivity contribution in [3.8, 4) is 0 Å². The predicted octanol–water partition coefficient (Wildman–Crippen LogP) is 7.34. The molecular weight excluding hydrogens is 466 g/mol. The molecule has 1 aromatic heterocycles. The molecule has 3 N–H and O–H groups in total. The number of para-hydroxylation sites is 1. The number of non-ortho nitro benzene ring substituents is 1. The summed E-state index contributed by atoms with van der Waals surface area (Å²) in [5.74, 6) is 0. The van der Waals surface area contributed by atoms with Gasteiger partial charge in [0.2, 0.25) is 0 Å². The van der Waals surface area contributed by atoms with Crippen LogP contribution in [0.2, 0.25) is 5.02 Å². The number of pyridine rings is 1. The van der Waals surface area contributed by atoms with Gasteiger partial charge in [0, 0.05) is 45.0 Å². The van der Waals surface area contributed by atoms with Crippen molar-refractivity contribution in [3.05, 3.63) is 106 Å². The van der Waals surface area contributed by atoms with Crippen LogP contribution in [0.1, 0.15) is 0 Å². The fourth-order valence-electron chi connectivity index (χ4n) is 3.74. The van der Waals surface area contributed by atoms with Crippen molar-refractivity contribution in [1.82, 2.24) is 4.98 Å². The number of nitro benzene ring substituents is 1. The number of hydrogen-bond acceptors (Lipinski definition) is 5. The van der Waals surface area contributed by atoms with Crippen molar-refractivity contribution in [2.45, 2.75) is 0 Å². The summed E-state index contributed by atoms with van der Waals surface area (Å²) in [6.07, 6.45) is 0. The number of fused-ring (bicyclic) bond motifs is 2. The average molecular weight is 484 g/mol. The van der Waals surface area contributed by atoms with Crippen molar-refractivity contribution in [1.29, 1.82) is 0 Å². The fourth-order valence-corrected chi connectivity index (χ4v) is 3.91. The quantitative estimate of drug-likeness (QED) is 0.138. The van der Waals surface area contributed by atoms with Crippen LogP contribution in [0, 0.1) is 10.1 Å². The maximum atomic E-state index is 12.3. The second-order valence-electron chi connectivity index (χ2n) is 7.75. The van der Waals surface area contributed by atoms with Crippen LogP contribution in [0.4, 0.5) is 33.2 Å². The first-order valence-corrected chi connectivity index (χ1v) is 11.0. The number of halogens is 1. The van der Waals surface area contributed by atoms with Gasteiger partial charge in [0.25, 0.3) is 5.69 Å². The van der Waals surface area contributed by atoms with E-state index in [1.165, 1.54) is 24.3 Å². The number of rotatable bonds is 5. The molecule has 35 heavy (non-hydrogen) atoms. The summed E-state index contributed by atoms with van der Waals surface area (Å²) in [5, 5.41) is 22.1. The second-order valence-corrected chi connectivity index (χ2v) is 8.19. The summed E-state index contributed by atoms with van der Waals surface area (Å²) in [7, 11) is 0. The molecule has 9 heteroatoms. The Balaban J connectivity index is 1.34. The molecule has 0 unspecified atom stereocenters. The van der Waals surface area contributed by atoms with Gasteiger partial charge < -0.3 is 16.0 Å². The summed E-state index contributed by atoms with van der Waals surface area (Å²) in [4.78, 5) is 27.3. The molecule has 172 valence electrons. The van der Waals surface area contributed by atoms with E-state index in [4.69, 9.17) is 16.6 Å². The van der Waals surface area contributed by atoms with Crippen LogP contribution in [0.3, 0.4) is 0 Å². The number of nitro groups is 1. The van der Waals surface area contributed by atoms with Gasteiger partial charge in [-0.25, -0.2) is 9.78 Å². The summed E-state index contributed by atoms with van der Waals surface area (Å²) in [6.45, 7) is 0. The standard InChI is InChI=1S/C26H18ClN5O3/c27-16-5-14-24-22(15-16)25(21-3-1-2-4-23(21)31-24)28-17-6-8-18(9-7-17)29-26(33)30-19-10-12-20(13-11-19)32(34)35/h1-15H,(H,28,31)(H2,29,30,33). The van der Waals surface area contributed by atoms with Crippen LogP contribution in [0.15, 0.2) is 91.0 Å². The zero-order chi connectivity index (χ0) is 24.4. The molecule has 0 fully saturated rings. The highest BCUT2D eigenvalue weighted by Crippen LogP contribution is 2.34. The summed E-state index contributed by atoms with van der Waals surface area (Å²) in [6, 6.07) is 25.9. The highest BCUT2D eigenvalue weighted by molar-refractivity contribution is 6.31. The lowest BCUT2D eigenvalue weighted by molar-refractivity contribution is -0.384. The van der Waals surface area contributed by atoms with E-state index in [0.717, 1.165) is 33.2 Å². The number of anilines is 4. The molecule has 5 rings (SSSR count). The van der Waals surface area contributed by atoms with Crippen LogP contribution in [-0.2, 0) is 0 Å². The van der Waals surface area contributed by atoms with Gasteiger partial charge in [-0.2, -0.15) is 0 Å². The van der Waals surface area contributed by atoms with E-state index in [0.29, 0.717) is 16.4 Å². The smallest absolute Gasteiger partial charge is 0.323 e. The molecule has 2 amide bonds. The molecule has 5 aromatic rings. The van der Waals surface area contributed by atoms with Crippen molar-refractivity contribution >= 4 is 67.9 Å². The monoisotopic (exact) mass is 483 g/mol. The van der Waals surface area contributed by atoms with Crippen LogP contribution in [-0.4, -0.2) is 15.9 Å². The Kier molecular flexibility index (Phi) is 5.87. The van der Waals surface area contributed by atoms with Crippen molar-refractivity contribution in [2.24, 2.45) is 0 Å². The van der Waals surface area contributed by atoms with Crippen LogP contribution in [0.5, 0.6) is 0 Å². The Labute approximate surface area is 204 Å². The highest BCUT2D eigenvalue weighted by atomic mass is 35.5. The lowest BCUT2D eigenvalue weighted by atomic mass is 10.1. The topological polar surface area (TPSA) is 109 Å². The zero-order valence-electron chi connectivity index (χ0n) is 18.2.